The summed E-state index contributed by atoms with van der Waals surface area (Å²) in [5.74, 6) is -1.08. The lowest BCUT2D eigenvalue weighted by Crippen LogP contribution is -1.93. The minimum atomic E-state index is -1.12. The van der Waals surface area contributed by atoms with Gasteiger partial charge < -0.3 is 15.6 Å². The van der Waals surface area contributed by atoms with Gasteiger partial charge in [-0.05, 0) is 17.7 Å². The number of aliphatic carboxylic acids is 1. The van der Waals surface area contributed by atoms with Gasteiger partial charge in [0, 0.05) is 17.9 Å². The summed E-state index contributed by atoms with van der Waals surface area (Å²) in [7, 11) is 0. The molecule has 0 aliphatic carbocycles. The van der Waals surface area contributed by atoms with Crippen LogP contribution in [-0.4, -0.2) is 22.4 Å². The minimum absolute atomic E-state index is 0.0423. The van der Waals surface area contributed by atoms with Gasteiger partial charge in [-0.25, -0.2) is 4.79 Å². The highest BCUT2D eigenvalue weighted by Crippen LogP contribution is 2.17. The van der Waals surface area contributed by atoms with Crippen LogP contribution in [0, 0.1) is 5.41 Å². The van der Waals surface area contributed by atoms with Crippen molar-refractivity contribution in [1.82, 2.24) is 0 Å². The largest absolute Gasteiger partial charge is 0.508 e. The first kappa shape index (κ1) is 9.98. The maximum Gasteiger partial charge on any atom is 0.328 e. The summed E-state index contributed by atoms with van der Waals surface area (Å²) in [5, 5.41) is 24.7. The molecule has 0 aliphatic rings. The fraction of sp³-hybridized carbons (Fsp3) is 0. The van der Waals surface area contributed by atoms with Gasteiger partial charge in [-0.2, -0.15) is 0 Å². The Labute approximate surface area is 80.6 Å². The van der Waals surface area contributed by atoms with Gasteiger partial charge in [-0.15, -0.1) is 0 Å². The molecule has 0 amide bonds. The van der Waals surface area contributed by atoms with Crippen molar-refractivity contribution < 1.29 is 15.0 Å². The number of hydrogen-bond acceptors (Lipinski definition) is 3. The number of aromatic hydroxyl groups is 1. The molecule has 0 atom stereocenters. The third-order valence-corrected chi connectivity index (χ3v) is 1.61. The van der Waals surface area contributed by atoms with E-state index in [1.807, 2.05) is 0 Å². The Morgan fingerprint density at radius 1 is 1.43 bits per heavy atom. The van der Waals surface area contributed by atoms with Crippen LogP contribution in [0.15, 0.2) is 30.3 Å². The van der Waals surface area contributed by atoms with Crippen molar-refractivity contribution in [3.8, 4) is 5.75 Å². The molecule has 0 aliphatic heterocycles. The molecule has 0 spiro atoms. The number of phenolic OH excluding ortho intramolecular Hbond substituents is 1. The summed E-state index contributed by atoms with van der Waals surface area (Å²) in [4.78, 5) is 10.4. The minimum Gasteiger partial charge on any atom is -0.508 e. The quantitative estimate of drug-likeness (QED) is 0.500. The van der Waals surface area contributed by atoms with Gasteiger partial charge in [0.15, 0.2) is 0 Å². The molecule has 4 nitrogen and oxygen atoms in total. The molecular weight excluding hydrogens is 182 g/mol. The van der Waals surface area contributed by atoms with Crippen LogP contribution in [0.3, 0.4) is 0 Å². The molecule has 0 aromatic heterocycles. The van der Waals surface area contributed by atoms with Gasteiger partial charge >= 0.3 is 5.97 Å². The number of carbonyl (C=O) groups is 1. The molecule has 14 heavy (non-hydrogen) atoms. The summed E-state index contributed by atoms with van der Waals surface area (Å²) in [6.45, 7) is 0. The first-order chi connectivity index (χ1) is 6.63. The third-order valence-electron chi connectivity index (χ3n) is 1.61. The van der Waals surface area contributed by atoms with Crippen molar-refractivity contribution in [3.05, 3.63) is 35.9 Å². The summed E-state index contributed by atoms with van der Waals surface area (Å²) in [5.41, 5.74) is 0.746. The van der Waals surface area contributed by atoms with Gasteiger partial charge in [0.25, 0.3) is 0 Å². The molecule has 4 heteroatoms. The van der Waals surface area contributed by atoms with Crippen LogP contribution >= 0.6 is 0 Å². The number of nitrogens with one attached hydrogen (secondary N) is 1. The zero-order valence-corrected chi connectivity index (χ0v) is 7.27. The molecule has 0 bridgehead atoms. The number of rotatable bonds is 3. The van der Waals surface area contributed by atoms with E-state index in [1.165, 1.54) is 12.1 Å². The monoisotopic (exact) mass is 191 g/mol. The smallest absolute Gasteiger partial charge is 0.328 e. The predicted molar refractivity (Wildman–Crippen MR) is 52.5 cm³/mol. The number of carboxylic acids is 1. The molecule has 1 aromatic rings. The standard InChI is InChI=1S/C10H9NO3/c11-6-8(5-10(13)14)7-2-1-3-9(12)4-7/h1-6,11-12H,(H,13,14)/b8-5+,11-6?. The normalized spacial score (nSPS) is 11.0. The molecule has 3 N–H and O–H groups in total. The number of allylic oxidation sites excluding steroid dienone is 1. The molecule has 1 rings (SSSR count). The van der Waals surface area contributed by atoms with E-state index in [-0.39, 0.29) is 11.3 Å². The lowest BCUT2D eigenvalue weighted by atomic mass is 10.1. The Morgan fingerprint density at radius 2 is 2.14 bits per heavy atom. The van der Waals surface area contributed by atoms with Crippen molar-refractivity contribution in [2.75, 3.05) is 0 Å². The van der Waals surface area contributed by atoms with Gasteiger partial charge in [0.1, 0.15) is 5.75 Å². The van der Waals surface area contributed by atoms with E-state index in [1.54, 1.807) is 12.1 Å². The second kappa shape index (κ2) is 4.23. The van der Waals surface area contributed by atoms with E-state index in [2.05, 4.69) is 0 Å². The number of hydrogen-bond donors (Lipinski definition) is 3. The lowest BCUT2D eigenvalue weighted by molar-refractivity contribution is -0.131. The highest BCUT2D eigenvalue weighted by Gasteiger charge is 2.01. The van der Waals surface area contributed by atoms with Crippen LogP contribution < -0.4 is 0 Å². The average Bonchev–Trinajstić information content (AvgIpc) is 2.14. The molecule has 0 unspecified atom stereocenters. The molecule has 0 radical (unpaired) electrons. The summed E-state index contributed by atoms with van der Waals surface area (Å²) >= 11 is 0. The van der Waals surface area contributed by atoms with E-state index >= 15 is 0 Å². The van der Waals surface area contributed by atoms with Crippen molar-refractivity contribution in [1.29, 1.82) is 5.41 Å². The van der Waals surface area contributed by atoms with E-state index in [9.17, 15) is 4.79 Å². The van der Waals surface area contributed by atoms with Crippen molar-refractivity contribution >= 4 is 17.8 Å². The topological polar surface area (TPSA) is 81.4 Å². The van der Waals surface area contributed by atoms with Crippen molar-refractivity contribution in [2.45, 2.75) is 0 Å². The molecule has 0 saturated heterocycles. The van der Waals surface area contributed by atoms with Crippen LogP contribution in [0.1, 0.15) is 5.56 Å². The van der Waals surface area contributed by atoms with E-state index in [0.29, 0.717) is 5.56 Å². The highest BCUT2D eigenvalue weighted by atomic mass is 16.4. The van der Waals surface area contributed by atoms with E-state index in [4.69, 9.17) is 15.6 Å². The molecular formula is C10H9NO3. The highest BCUT2D eigenvalue weighted by molar-refractivity contribution is 6.13. The molecule has 1 aromatic carbocycles. The Balaban J connectivity index is 3.13. The van der Waals surface area contributed by atoms with Crippen LogP contribution in [0.5, 0.6) is 5.75 Å². The Hall–Kier alpha value is -2.10. The Kier molecular flexibility index (Phi) is 3.01. The fourth-order valence-corrected chi connectivity index (χ4v) is 1.03. The zero-order valence-electron chi connectivity index (χ0n) is 7.27. The molecule has 0 saturated carbocycles. The summed E-state index contributed by atoms with van der Waals surface area (Å²) in [6.07, 6.45) is 1.85. The average molecular weight is 191 g/mol. The van der Waals surface area contributed by atoms with E-state index in [0.717, 1.165) is 12.3 Å². The number of benzene rings is 1. The summed E-state index contributed by atoms with van der Waals surface area (Å²) in [6, 6.07) is 6.09. The second-order valence-corrected chi connectivity index (χ2v) is 2.63. The maximum absolute atomic E-state index is 10.4. The SMILES string of the molecule is N=C/C(=C\C(=O)O)c1cccc(O)c1. The van der Waals surface area contributed by atoms with E-state index < -0.39 is 5.97 Å². The second-order valence-electron chi connectivity index (χ2n) is 2.63. The Bertz CT molecular complexity index is 396. The van der Waals surface area contributed by atoms with Crippen LogP contribution in [0.25, 0.3) is 5.57 Å². The van der Waals surface area contributed by atoms with Gasteiger partial charge in [-0.1, -0.05) is 12.1 Å². The van der Waals surface area contributed by atoms with Gasteiger partial charge in [0.2, 0.25) is 0 Å². The number of carboxylic acid groups (broad SMARTS) is 1. The van der Waals surface area contributed by atoms with Gasteiger partial charge in [-0.3, -0.25) is 0 Å². The first-order valence-corrected chi connectivity index (χ1v) is 3.88. The maximum atomic E-state index is 10.4. The van der Waals surface area contributed by atoms with Crippen LogP contribution in [0.2, 0.25) is 0 Å². The lowest BCUT2D eigenvalue weighted by Gasteiger charge is -2.00. The van der Waals surface area contributed by atoms with Crippen LogP contribution in [-0.2, 0) is 4.79 Å². The third kappa shape index (κ3) is 2.45. The van der Waals surface area contributed by atoms with Crippen molar-refractivity contribution in [3.63, 3.8) is 0 Å². The molecule has 0 heterocycles. The first-order valence-electron chi connectivity index (χ1n) is 3.88. The molecule has 72 valence electrons. The van der Waals surface area contributed by atoms with Crippen LogP contribution in [0.4, 0.5) is 0 Å². The van der Waals surface area contributed by atoms with Crippen molar-refractivity contribution in [2.24, 2.45) is 0 Å². The van der Waals surface area contributed by atoms with Gasteiger partial charge in [0.05, 0.1) is 0 Å². The predicted octanol–water partition coefficient (Wildman–Crippen LogP) is 1.51. The number of phenols is 1. The zero-order chi connectivity index (χ0) is 10.6. The molecule has 0 fully saturated rings. The Morgan fingerprint density at radius 3 is 2.64 bits per heavy atom. The summed E-state index contributed by atoms with van der Waals surface area (Å²) < 4.78 is 0. The fourth-order valence-electron chi connectivity index (χ4n) is 1.03.